The van der Waals surface area contributed by atoms with E-state index < -0.39 is 0 Å². The maximum Gasteiger partial charge on any atom is 0.321 e. The second-order valence-corrected chi connectivity index (χ2v) is 9.60. The summed E-state index contributed by atoms with van der Waals surface area (Å²) in [6.07, 6.45) is 2.86. The summed E-state index contributed by atoms with van der Waals surface area (Å²) in [5, 5.41) is 3.12. The summed E-state index contributed by atoms with van der Waals surface area (Å²) in [5.41, 5.74) is 5.20. The Labute approximate surface area is 196 Å². The summed E-state index contributed by atoms with van der Waals surface area (Å²) in [6.45, 7) is 11.7. The van der Waals surface area contributed by atoms with E-state index in [1.165, 1.54) is 11.1 Å². The van der Waals surface area contributed by atoms with E-state index in [9.17, 15) is 9.59 Å². The minimum absolute atomic E-state index is 0.0221. The minimum Gasteiger partial charge on any atom is -0.494 e. The third kappa shape index (κ3) is 5.00. The molecule has 176 valence electrons. The standard InChI is InChI=1S/C27H35N3O3/c1-5-33-23-8-6-22(7-9-23)25(31)29-13-10-27(11-14-29)12-15-30(18-27)26(32)28-24-17-20(3)19(2)16-21(24)4/h6-9,16-17H,5,10-15,18H2,1-4H3,(H,28,32). The summed E-state index contributed by atoms with van der Waals surface area (Å²) >= 11 is 0. The number of carbonyl (C=O) groups excluding carboxylic acids is 2. The van der Waals surface area contributed by atoms with E-state index in [1.54, 1.807) is 0 Å². The molecule has 0 aromatic heterocycles. The lowest BCUT2D eigenvalue weighted by atomic mass is 9.77. The summed E-state index contributed by atoms with van der Waals surface area (Å²) in [6, 6.07) is 11.5. The molecule has 2 fully saturated rings. The minimum atomic E-state index is -0.0221. The molecule has 0 radical (unpaired) electrons. The second kappa shape index (κ2) is 9.46. The van der Waals surface area contributed by atoms with Crippen LogP contribution >= 0.6 is 0 Å². The highest BCUT2D eigenvalue weighted by Gasteiger charge is 2.42. The number of likely N-dealkylation sites (tertiary alicyclic amines) is 2. The van der Waals surface area contributed by atoms with Crippen LogP contribution in [0.3, 0.4) is 0 Å². The maximum atomic E-state index is 13.0. The molecule has 1 N–H and O–H groups in total. The van der Waals surface area contributed by atoms with Crippen LogP contribution in [0.5, 0.6) is 5.75 Å². The summed E-state index contributed by atoms with van der Waals surface area (Å²) in [4.78, 5) is 29.8. The highest BCUT2D eigenvalue weighted by atomic mass is 16.5. The topological polar surface area (TPSA) is 61.9 Å². The molecule has 0 saturated carbocycles. The third-order valence-corrected chi connectivity index (χ3v) is 7.33. The Balaban J connectivity index is 1.32. The number of rotatable bonds is 4. The molecule has 2 aliphatic rings. The molecular weight excluding hydrogens is 414 g/mol. The van der Waals surface area contributed by atoms with Crippen molar-refractivity contribution in [2.45, 2.75) is 47.0 Å². The predicted octanol–water partition coefficient (Wildman–Crippen LogP) is 5.17. The average molecular weight is 450 g/mol. The highest BCUT2D eigenvalue weighted by Crippen LogP contribution is 2.41. The number of urea groups is 1. The van der Waals surface area contributed by atoms with Crippen molar-refractivity contribution >= 4 is 17.6 Å². The zero-order valence-electron chi connectivity index (χ0n) is 20.2. The maximum absolute atomic E-state index is 13.0. The van der Waals surface area contributed by atoms with Crippen LogP contribution in [-0.2, 0) is 0 Å². The van der Waals surface area contributed by atoms with Gasteiger partial charge in [-0.15, -0.1) is 0 Å². The molecule has 2 saturated heterocycles. The molecule has 2 aromatic rings. The van der Waals surface area contributed by atoms with Crippen molar-refractivity contribution in [1.82, 2.24) is 9.80 Å². The lowest BCUT2D eigenvalue weighted by Gasteiger charge is -2.39. The largest absolute Gasteiger partial charge is 0.494 e. The van der Waals surface area contributed by atoms with Gasteiger partial charge in [0.2, 0.25) is 0 Å². The number of carbonyl (C=O) groups is 2. The Morgan fingerprint density at radius 2 is 1.52 bits per heavy atom. The number of hydrogen-bond donors (Lipinski definition) is 1. The molecule has 0 atom stereocenters. The van der Waals surface area contributed by atoms with E-state index in [1.807, 2.05) is 47.9 Å². The van der Waals surface area contributed by atoms with E-state index in [0.29, 0.717) is 12.2 Å². The number of ether oxygens (including phenoxy) is 1. The van der Waals surface area contributed by atoms with E-state index >= 15 is 0 Å². The molecular formula is C27H35N3O3. The number of hydrogen-bond acceptors (Lipinski definition) is 3. The van der Waals surface area contributed by atoms with Crippen molar-refractivity contribution in [3.05, 3.63) is 58.7 Å². The van der Waals surface area contributed by atoms with Crippen molar-refractivity contribution in [3.63, 3.8) is 0 Å². The molecule has 0 bridgehead atoms. The smallest absolute Gasteiger partial charge is 0.321 e. The highest BCUT2D eigenvalue weighted by molar-refractivity contribution is 5.94. The number of nitrogens with one attached hydrogen (secondary N) is 1. The predicted molar refractivity (Wildman–Crippen MR) is 131 cm³/mol. The fourth-order valence-electron chi connectivity index (χ4n) is 5.03. The van der Waals surface area contributed by atoms with Crippen molar-refractivity contribution in [1.29, 1.82) is 0 Å². The lowest BCUT2D eigenvalue weighted by Crippen LogP contribution is -2.45. The monoisotopic (exact) mass is 449 g/mol. The normalized spacial score (nSPS) is 17.3. The molecule has 2 heterocycles. The van der Waals surface area contributed by atoms with Gasteiger partial charge in [-0.2, -0.15) is 0 Å². The first-order chi connectivity index (χ1) is 15.8. The van der Waals surface area contributed by atoms with E-state index in [-0.39, 0.29) is 17.4 Å². The van der Waals surface area contributed by atoms with Crippen LogP contribution in [0.4, 0.5) is 10.5 Å². The van der Waals surface area contributed by atoms with Gasteiger partial charge in [0.25, 0.3) is 5.91 Å². The first-order valence-electron chi connectivity index (χ1n) is 12.0. The molecule has 2 aliphatic heterocycles. The van der Waals surface area contributed by atoms with Crippen LogP contribution in [0.1, 0.15) is 53.2 Å². The Morgan fingerprint density at radius 1 is 0.909 bits per heavy atom. The van der Waals surface area contributed by atoms with Gasteiger partial charge in [0.1, 0.15) is 5.75 Å². The molecule has 3 amide bonds. The van der Waals surface area contributed by atoms with Crippen LogP contribution in [-0.4, -0.2) is 54.5 Å². The molecule has 33 heavy (non-hydrogen) atoms. The van der Waals surface area contributed by atoms with E-state index in [2.05, 4.69) is 31.3 Å². The zero-order valence-corrected chi connectivity index (χ0v) is 20.2. The van der Waals surface area contributed by atoms with Crippen LogP contribution in [0.25, 0.3) is 0 Å². The van der Waals surface area contributed by atoms with E-state index in [0.717, 1.165) is 62.4 Å². The van der Waals surface area contributed by atoms with Gasteiger partial charge in [0, 0.05) is 37.4 Å². The average Bonchev–Trinajstić information content (AvgIpc) is 3.22. The van der Waals surface area contributed by atoms with Gasteiger partial charge in [0.15, 0.2) is 0 Å². The second-order valence-electron chi connectivity index (χ2n) is 9.60. The molecule has 0 unspecified atom stereocenters. The van der Waals surface area contributed by atoms with Gasteiger partial charge < -0.3 is 19.9 Å². The zero-order chi connectivity index (χ0) is 23.6. The Hall–Kier alpha value is -3.02. The fourth-order valence-corrected chi connectivity index (χ4v) is 5.03. The SMILES string of the molecule is CCOc1ccc(C(=O)N2CCC3(CCN(C(=O)Nc4cc(C)c(C)cc4C)C3)CC2)cc1. The molecule has 2 aromatic carbocycles. The van der Waals surface area contributed by atoms with Crippen molar-refractivity contribution in [2.24, 2.45) is 5.41 Å². The van der Waals surface area contributed by atoms with Gasteiger partial charge in [-0.25, -0.2) is 4.79 Å². The number of anilines is 1. The third-order valence-electron chi connectivity index (χ3n) is 7.33. The molecule has 4 rings (SSSR count). The number of amides is 3. The fraction of sp³-hybridized carbons (Fsp3) is 0.481. The Kier molecular flexibility index (Phi) is 6.63. The van der Waals surface area contributed by atoms with Crippen molar-refractivity contribution in [3.8, 4) is 5.75 Å². The van der Waals surface area contributed by atoms with Gasteiger partial charge in [-0.05, 0) is 99.4 Å². The lowest BCUT2D eigenvalue weighted by molar-refractivity contribution is 0.0595. The van der Waals surface area contributed by atoms with Crippen molar-refractivity contribution < 1.29 is 14.3 Å². The first kappa shape index (κ1) is 23.1. The van der Waals surface area contributed by atoms with Gasteiger partial charge in [-0.3, -0.25) is 4.79 Å². The Morgan fingerprint density at radius 3 is 2.15 bits per heavy atom. The van der Waals surface area contributed by atoms with Gasteiger partial charge >= 0.3 is 6.03 Å². The summed E-state index contributed by atoms with van der Waals surface area (Å²) in [5.74, 6) is 0.859. The first-order valence-corrected chi connectivity index (χ1v) is 12.0. The van der Waals surface area contributed by atoms with Crippen LogP contribution < -0.4 is 10.1 Å². The Bertz CT molecular complexity index is 1020. The summed E-state index contributed by atoms with van der Waals surface area (Å²) in [7, 11) is 0. The van der Waals surface area contributed by atoms with Crippen LogP contribution in [0, 0.1) is 26.2 Å². The molecule has 6 heteroatoms. The number of aryl methyl sites for hydroxylation is 3. The molecule has 1 spiro atoms. The number of nitrogens with zero attached hydrogens (tertiary/aromatic N) is 2. The van der Waals surface area contributed by atoms with E-state index in [4.69, 9.17) is 4.74 Å². The number of piperidine rings is 1. The summed E-state index contributed by atoms with van der Waals surface area (Å²) < 4.78 is 5.47. The number of benzene rings is 2. The van der Waals surface area contributed by atoms with Gasteiger partial charge in [0.05, 0.1) is 6.61 Å². The van der Waals surface area contributed by atoms with Gasteiger partial charge in [-0.1, -0.05) is 6.07 Å². The molecule has 0 aliphatic carbocycles. The van der Waals surface area contributed by atoms with Crippen LogP contribution in [0.2, 0.25) is 0 Å². The molecule has 6 nitrogen and oxygen atoms in total. The quantitative estimate of drug-likeness (QED) is 0.700. The van der Waals surface area contributed by atoms with Crippen molar-refractivity contribution in [2.75, 3.05) is 38.1 Å². The van der Waals surface area contributed by atoms with Crippen LogP contribution in [0.15, 0.2) is 36.4 Å².